The zero-order valence-corrected chi connectivity index (χ0v) is 13.3. The highest BCUT2D eigenvalue weighted by Gasteiger charge is 2.53. The Morgan fingerprint density at radius 3 is 3.00 bits per heavy atom. The molecule has 0 radical (unpaired) electrons. The number of carbonyl (C=O) groups excluding carboxylic acids is 1. The minimum atomic E-state index is 0.257. The molecule has 0 aromatic carbocycles. The van der Waals surface area contributed by atoms with Gasteiger partial charge in [0.2, 0.25) is 5.91 Å². The number of allylic oxidation sites excluding steroid dienone is 3. The molecule has 1 aromatic heterocycles. The van der Waals surface area contributed by atoms with Crippen LogP contribution in [0, 0.1) is 18.8 Å². The van der Waals surface area contributed by atoms with Crippen molar-refractivity contribution in [3.05, 3.63) is 41.4 Å². The summed E-state index contributed by atoms with van der Waals surface area (Å²) in [5.41, 5.74) is 2.01. The van der Waals surface area contributed by atoms with Gasteiger partial charge in [0.25, 0.3) is 0 Å². The van der Waals surface area contributed by atoms with Crippen molar-refractivity contribution in [2.75, 3.05) is 6.54 Å². The van der Waals surface area contributed by atoms with Crippen molar-refractivity contribution >= 4 is 11.5 Å². The van der Waals surface area contributed by atoms with Crippen LogP contribution in [0.5, 0.6) is 0 Å². The third kappa shape index (κ3) is 2.23. The normalized spacial score (nSPS) is 29.9. The Labute approximate surface area is 131 Å². The van der Waals surface area contributed by atoms with Crippen molar-refractivity contribution in [2.45, 2.75) is 45.6 Å². The summed E-state index contributed by atoms with van der Waals surface area (Å²) in [6, 6.07) is 4.44. The lowest BCUT2D eigenvalue weighted by atomic mass is 9.96. The average molecular weight is 297 g/mol. The van der Waals surface area contributed by atoms with Gasteiger partial charge in [0, 0.05) is 23.7 Å². The van der Waals surface area contributed by atoms with Crippen LogP contribution in [0.15, 0.2) is 34.3 Å². The minimum Gasteiger partial charge on any atom is -0.461 e. The lowest BCUT2D eigenvalue weighted by Gasteiger charge is -2.28. The van der Waals surface area contributed by atoms with Gasteiger partial charge in [-0.3, -0.25) is 4.79 Å². The van der Waals surface area contributed by atoms with Gasteiger partial charge >= 0.3 is 0 Å². The van der Waals surface area contributed by atoms with E-state index in [4.69, 9.17) is 4.42 Å². The Hall–Kier alpha value is -1.77. The van der Waals surface area contributed by atoms with Crippen LogP contribution >= 0.6 is 0 Å². The van der Waals surface area contributed by atoms with Gasteiger partial charge in [-0.1, -0.05) is 13.0 Å². The van der Waals surface area contributed by atoms with Crippen molar-refractivity contribution in [2.24, 2.45) is 11.8 Å². The minimum absolute atomic E-state index is 0.257. The van der Waals surface area contributed by atoms with Gasteiger partial charge in [0.15, 0.2) is 0 Å². The van der Waals surface area contributed by atoms with Crippen molar-refractivity contribution in [1.29, 1.82) is 0 Å². The summed E-state index contributed by atoms with van der Waals surface area (Å²) < 4.78 is 5.71. The van der Waals surface area contributed by atoms with Gasteiger partial charge in [-0.2, -0.15) is 0 Å². The number of piperidine rings is 1. The first-order valence-electron chi connectivity index (χ1n) is 8.46. The van der Waals surface area contributed by atoms with Gasteiger partial charge in [-0.05, 0) is 62.7 Å². The van der Waals surface area contributed by atoms with Crippen LogP contribution in [0.2, 0.25) is 0 Å². The van der Waals surface area contributed by atoms with Gasteiger partial charge in [-0.15, -0.1) is 0 Å². The molecule has 2 fully saturated rings. The van der Waals surface area contributed by atoms with Crippen LogP contribution in [-0.4, -0.2) is 23.4 Å². The monoisotopic (exact) mass is 297 g/mol. The number of hydrogen-bond donors (Lipinski definition) is 0. The number of aryl methyl sites for hydroxylation is 1. The van der Waals surface area contributed by atoms with E-state index in [2.05, 4.69) is 17.9 Å². The molecule has 3 heteroatoms. The number of rotatable bonds is 3. The summed E-state index contributed by atoms with van der Waals surface area (Å²) in [6.45, 7) is 5.13. The standard InChI is InChI=1S/C19H23NO2/c1-3-17-16-10-15(16)11-20(17)19(21)14-6-4-5-13(9-14)18-8-7-12(2)22-18/h5,7-9,15-17H,3-4,6,10-11H2,1-2H3/t15-,16?,17+/m0/s1. The second-order valence-corrected chi connectivity index (χ2v) is 6.87. The Morgan fingerprint density at radius 2 is 2.27 bits per heavy atom. The Bertz CT molecular complexity index is 667. The maximum atomic E-state index is 12.9. The molecule has 2 heterocycles. The first-order valence-corrected chi connectivity index (χ1v) is 8.46. The SMILES string of the molecule is CC[C@@H]1C2C[C@H]2CN1C(=O)C1=CC(c2ccc(C)o2)=CCC1. The van der Waals surface area contributed by atoms with E-state index in [-0.39, 0.29) is 5.91 Å². The van der Waals surface area contributed by atoms with E-state index in [9.17, 15) is 4.79 Å². The zero-order chi connectivity index (χ0) is 15.3. The molecule has 2 aliphatic carbocycles. The zero-order valence-electron chi connectivity index (χ0n) is 13.3. The first kappa shape index (κ1) is 13.9. The second kappa shape index (κ2) is 5.15. The van der Waals surface area contributed by atoms with Crippen molar-refractivity contribution < 1.29 is 9.21 Å². The van der Waals surface area contributed by atoms with Gasteiger partial charge in [0.05, 0.1) is 0 Å². The van der Waals surface area contributed by atoms with Crippen LogP contribution in [-0.2, 0) is 4.79 Å². The molecule has 1 aliphatic heterocycles. The first-order chi connectivity index (χ1) is 10.7. The van der Waals surface area contributed by atoms with Crippen LogP contribution < -0.4 is 0 Å². The van der Waals surface area contributed by atoms with E-state index >= 15 is 0 Å². The molecule has 1 saturated carbocycles. The van der Waals surface area contributed by atoms with Crippen LogP contribution in [0.3, 0.4) is 0 Å². The van der Waals surface area contributed by atoms with Gasteiger partial charge < -0.3 is 9.32 Å². The molecule has 1 unspecified atom stereocenters. The molecular formula is C19H23NO2. The molecule has 0 bridgehead atoms. The van der Waals surface area contributed by atoms with E-state index in [1.807, 2.05) is 25.1 Å². The Morgan fingerprint density at radius 1 is 1.41 bits per heavy atom. The summed E-state index contributed by atoms with van der Waals surface area (Å²) in [5, 5.41) is 0. The smallest absolute Gasteiger partial charge is 0.250 e. The lowest BCUT2D eigenvalue weighted by Crippen LogP contribution is -2.39. The molecule has 1 amide bonds. The molecule has 4 rings (SSSR count). The molecule has 3 aliphatic rings. The van der Waals surface area contributed by atoms with Crippen molar-refractivity contribution in [3.8, 4) is 0 Å². The number of hydrogen-bond acceptors (Lipinski definition) is 2. The molecule has 1 aromatic rings. The fourth-order valence-electron chi connectivity index (χ4n) is 4.14. The summed E-state index contributed by atoms with van der Waals surface area (Å²) in [7, 11) is 0. The summed E-state index contributed by atoms with van der Waals surface area (Å²) in [5.74, 6) is 3.60. The van der Waals surface area contributed by atoms with Crippen molar-refractivity contribution in [1.82, 2.24) is 4.90 Å². The van der Waals surface area contributed by atoms with E-state index in [0.717, 1.165) is 60.3 Å². The predicted molar refractivity (Wildman–Crippen MR) is 86.1 cm³/mol. The largest absolute Gasteiger partial charge is 0.461 e. The molecule has 0 spiro atoms. The highest BCUT2D eigenvalue weighted by atomic mass is 16.3. The third-order valence-corrected chi connectivity index (χ3v) is 5.39. The van der Waals surface area contributed by atoms with E-state index in [1.165, 1.54) is 6.42 Å². The maximum Gasteiger partial charge on any atom is 0.250 e. The highest BCUT2D eigenvalue weighted by Crippen LogP contribution is 2.51. The number of likely N-dealkylation sites (tertiary alicyclic amines) is 1. The van der Waals surface area contributed by atoms with Gasteiger partial charge in [0.1, 0.15) is 11.5 Å². The molecule has 3 atom stereocenters. The van der Waals surface area contributed by atoms with E-state index < -0.39 is 0 Å². The number of amides is 1. The number of fused-ring (bicyclic) bond motifs is 1. The quantitative estimate of drug-likeness (QED) is 0.846. The number of carbonyl (C=O) groups is 1. The average Bonchev–Trinajstić information content (AvgIpc) is 3.01. The lowest BCUT2D eigenvalue weighted by molar-refractivity contribution is -0.128. The predicted octanol–water partition coefficient (Wildman–Crippen LogP) is 3.95. The molecule has 22 heavy (non-hydrogen) atoms. The Kier molecular flexibility index (Phi) is 3.24. The van der Waals surface area contributed by atoms with Crippen molar-refractivity contribution in [3.63, 3.8) is 0 Å². The molecular weight excluding hydrogens is 274 g/mol. The number of nitrogens with zero attached hydrogens (tertiary/aromatic N) is 1. The fraction of sp³-hybridized carbons (Fsp3) is 0.526. The summed E-state index contributed by atoms with van der Waals surface area (Å²) in [4.78, 5) is 15.1. The highest BCUT2D eigenvalue weighted by molar-refractivity contribution is 5.97. The molecule has 1 saturated heterocycles. The maximum absolute atomic E-state index is 12.9. The van der Waals surface area contributed by atoms with Gasteiger partial charge in [-0.25, -0.2) is 0 Å². The van der Waals surface area contributed by atoms with Crippen LogP contribution in [0.1, 0.15) is 44.1 Å². The second-order valence-electron chi connectivity index (χ2n) is 6.87. The van der Waals surface area contributed by atoms with Crippen LogP contribution in [0.25, 0.3) is 5.57 Å². The van der Waals surface area contributed by atoms with E-state index in [1.54, 1.807) is 0 Å². The third-order valence-electron chi connectivity index (χ3n) is 5.39. The molecule has 0 N–H and O–H groups in total. The number of furan rings is 1. The molecule has 3 nitrogen and oxygen atoms in total. The topological polar surface area (TPSA) is 33.5 Å². The summed E-state index contributed by atoms with van der Waals surface area (Å²) >= 11 is 0. The fourth-order valence-corrected chi connectivity index (χ4v) is 4.14. The van der Waals surface area contributed by atoms with E-state index in [0.29, 0.717) is 6.04 Å². The van der Waals surface area contributed by atoms with Crippen LogP contribution in [0.4, 0.5) is 0 Å². The molecule has 116 valence electrons. The summed E-state index contributed by atoms with van der Waals surface area (Å²) in [6.07, 6.45) is 8.40. The Balaban J connectivity index is 1.56.